The van der Waals surface area contributed by atoms with Crippen molar-refractivity contribution in [1.29, 1.82) is 5.26 Å². The molecule has 3 N–H and O–H groups in total. The number of hydrogen-bond acceptors (Lipinski definition) is 4. The lowest BCUT2D eigenvalue weighted by molar-refractivity contribution is 0.593. The Kier molecular flexibility index (Phi) is 5.01. The predicted octanol–water partition coefficient (Wildman–Crippen LogP) is 2.84. The lowest BCUT2D eigenvalue weighted by Crippen LogP contribution is -2.26. The highest BCUT2D eigenvalue weighted by Gasteiger charge is 2.25. The molecule has 18 heavy (non-hydrogen) atoms. The van der Waals surface area contributed by atoms with E-state index in [0.29, 0.717) is 20.3 Å². The number of sulfonamides is 1. The Labute approximate surface area is 123 Å². The van der Waals surface area contributed by atoms with Gasteiger partial charge in [-0.05, 0) is 50.4 Å². The maximum atomic E-state index is 11.9. The summed E-state index contributed by atoms with van der Waals surface area (Å²) in [5, 5.41) is 7.72. The normalized spacial score (nSPS) is 12.8. The zero-order valence-electron chi connectivity index (χ0n) is 9.44. The topological polar surface area (TPSA) is 96.0 Å². The molecule has 0 saturated heterocycles. The zero-order chi connectivity index (χ0) is 13.9. The van der Waals surface area contributed by atoms with Crippen LogP contribution in [0.4, 0.5) is 11.4 Å². The minimum Gasteiger partial charge on any atom is -0.399 e. The standard InChI is InChI=1S/C10H11Br2N3O2S/c1-2-7(5-13)18(16,17)15-10-8(11)3-6(14)4-9(10)12/h3-4,7,15H,2,14H2,1H3. The van der Waals surface area contributed by atoms with Gasteiger partial charge in [0, 0.05) is 14.6 Å². The van der Waals surface area contributed by atoms with E-state index >= 15 is 0 Å². The summed E-state index contributed by atoms with van der Waals surface area (Å²) in [6, 6.07) is 4.92. The van der Waals surface area contributed by atoms with Crippen LogP contribution in [0.2, 0.25) is 0 Å². The third kappa shape index (κ3) is 3.37. The van der Waals surface area contributed by atoms with Crippen molar-refractivity contribution >= 4 is 53.3 Å². The number of hydrogen-bond donors (Lipinski definition) is 2. The number of nitrogen functional groups attached to an aromatic ring is 1. The van der Waals surface area contributed by atoms with E-state index in [1.807, 2.05) is 0 Å². The molecule has 0 aliphatic heterocycles. The number of rotatable bonds is 4. The lowest BCUT2D eigenvalue weighted by atomic mass is 10.3. The van der Waals surface area contributed by atoms with Crippen molar-refractivity contribution in [3.05, 3.63) is 21.1 Å². The number of nitrogens with zero attached hydrogens (tertiary/aromatic N) is 1. The number of nitriles is 1. The average molecular weight is 397 g/mol. The van der Waals surface area contributed by atoms with Gasteiger partial charge in [0.25, 0.3) is 0 Å². The van der Waals surface area contributed by atoms with Gasteiger partial charge in [-0.2, -0.15) is 5.26 Å². The van der Waals surface area contributed by atoms with E-state index in [0.717, 1.165) is 0 Å². The quantitative estimate of drug-likeness (QED) is 0.764. The highest BCUT2D eigenvalue weighted by Crippen LogP contribution is 2.34. The molecular formula is C10H11Br2N3O2S. The first-order valence-corrected chi connectivity index (χ1v) is 8.10. The summed E-state index contributed by atoms with van der Waals surface area (Å²) in [6.07, 6.45) is 0.218. The highest BCUT2D eigenvalue weighted by molar-refractivity contribution is 9.11. The van der Waals surface area contributed by atoms with Gasteiger partial charge >= 0.3 is 0 Å². The fourth-order valence-electron chi connectivity index (χ4n) is 1.28. The number of nitrogens with two attached hydrogens (primary N) is 1. The van der Waals surface area contributed by atoms with Gasteiger partial charge < -0.3 is 5.73 Å². The largest absolute Gasteiger partial charge is 0.399 e. The van der Waals surface area contributed by atoms with Gasteiger partial charge in [0.15, 0.2) is 5.25 Å². The third-order valence-corrected chi connectivity index (χ3v) is 5.13. The summed E-state index contributed by atoms with van der Waals surface area (Å²) in [6.45, 7) is 1.64. The Bertz CT molecular complexity index is 573. The monoisotopic (exact) mass is 395 g/mol. The molecule has 0 heterocycles. The van der Waals surface area contributed by atoms with Crippen molar-refractivity contribution in [2.45, 2.75) is 18.6 Å². The van der Waals surface area contributed by atoms with E-state index in [2.05, 4.69) is 36.6 Å². The molecule has 0 spiro atoms. The maximum Gasteiger partial charge on any atom is 0.249 e. The molecule has 0 radical (unpaired) electrons. The van der Waals surface area contributed by atoms with Gasteiger partial charge in [0.2, 0.25) is 10.0 Å². The number of halogens is 2. The van der Waals surface area contributed by atoms with Crippen LogP contribution in [-0.2, 0) is 10.0 Å². The van der Waals surface area contributed by atoms with Crippen LogP contribution in [0.25, 0.3) is 0 Å². The zero-order valence-corrected chi connectivity index (χ0v) is 13.4. The van der Waals surface area contributed by atoms with Crippen molar-refractivity contribution in [3.8, 4) is 6.07 Å². The predicted molar refractivity (Wildman–Crippen MR) is 78.5 cm³/mol. The molecule has 1 aromatic carbocycles. The average Bonchev–Trinajstić information content (AvgIpc) is 2.24. The molecule has 5 nitrogen and oxygen atoms in total. The third-order valence-electron chi connectivity index (χ3n) is 2.20. The first-order valence-electron chi connectivity index (χ1n) is 4.97. The van der Waals surface area contributed by atoms with E-state index in [9.17, 15) is 8.42 Å². The van der Waals surface area contributed by atoms with Crippen molar-refractivity contribution in [1.82, 2.24) is 0 Å². The highest BCUT2D eigenvalue weighted by atomic mass is 79.9. The Morgan fingerprint density at radius 3 is 2.33 bits per heavy atom. The Morgan fingerprint density at radius 2 is 1.94 bits per heavy atom. The molecule has 0 aliphatic carbocycles. The molecular weight excluding hydrogens is 386 g/mol. The van der Waals surface area contributed by atoms with Crippen LogP contribution >= 0.6 is 31.9 Å². The SMILES string of the molecule is CCC(C#N)S(=O)(=O)Nc1c(Br)cc(N)cc1Br. The molecule has 8 heteroatoms. The second kappa shape index (κ2) is 5.91. The molecule has 0 aliphatic rings. The summed E-state index contributed by atoms with van der Waals surface area (Å²) < 4.78 is 27.3. The Balaban J connectivity index is 3.17. The van der Waals surface area contributed by atoms with E-state index < -0.39 is 15.3 Å². The van der Waals surface area contributed by atoms with Gasteiger partial charge in [-0.3, -0.25) is 4.72 Å². The minimum atomic E-state index is -3.75. The number of anilines is 2. The fourth-order valence-corrected chi connectivity index (χ4v) is 4.19. The lowest BCUT2D eigenvalue weighted by Gasteiger charge is -2.14. The smallest absolute Gasteiger partial charge is 0.249 e. The summed E-state index contributed by atoms with van der Waals surface area (Å²) >= 11 is 6.45. The molecule has 1 atom stereocenters. The second-order valence-corrected chi connectivity index (χ2v) is 7.10. The van der Waals surface area contributed by atoms with Gasteiger partial charge in [-0.25, -0.2) is 8.42 Å². The minimum absolute atomic E-state index is 0.218. The van der Waals surface area contributed by atoms with Crippen molar-refractivity contribution < 1.29 is 8.42 Å². The van der Waals surface area contributed by atoms with E-state index in [1.165, 1.54) is 0 Å². The van der Waals surface area contributed by atoms with E-state index in [1.54, 1.807) is 25.1 Å². The number of benzene rings is 1. The molecule has 0 fully saturated rings. The molecule has 1 unspecified atom stereocenters. The van der Waals surface area contributed by atoms with Crippen molar-refractivity contribution in [2.75, 3.05) is 10.5 Å². The fraction of sp³-hybridized carbons (Fsp3) is 0.300. The molecule has 0 aromatic heterocycles. The van der Waals surface area contributed by atoms with Crippen LogP contribution in [-0.4, -0.2) is 13.7 Å². The summed E-state index contributed by atoms with van der Waals surface area (Å²) in [7, 11) is -3.75. The van der Waals surface area contributed by atoms with Crippen molar-refractivity contribution in [2.24, 2.45) is 0 Å². The Hall–Kier alpha value is -0.780. The van der Waals surface area contributed by atoms with Crippen molar-refractivity contribution in [3.63, 3.8) is 0 Å². The van der Waals surface area contributed by atoms with Crippen LogP contribution in [0.5, 0.6) is 0 Å². The molecule has 1 rings (SSSR count). The van der Waals surface area contributed by atoms with Gasteiger partial charge in [-0.1, -0.05) is 6.92 Å². The molecule has 0 amide bonds. The van der Waals surface area contributed by atoms with Crippen LogP contribution in [0.15, 0.2) is 21.1 Å². The van der Waals surface area contributed by atoms with E-state index in [4.69, 9.17) is 11.0 Å². The molecule has 98 valence electrons. The maximum absolute atomic E-state index is 11.9. The first-order chi connectivity index (χ1) is 8.31. The van der Waals surface area contributed by atoms with Crippen LogP contribution < -0.4 is 10.5 Å². The van der Waals surface area contributed by atoms with Crippen LogP contribution in [0.1, 0.15) is 13.3 Å². The molecule has 0 saturated carbocycles. The van der Waals surface area contributed by atoms with Crippen LogP contribution in [0.3, 0.4) is 0 Å². The van der Waals surface area contributed by atoms with E-state index in [-0.39, 0.29) is 6.42 Å². The Morgan fingerprint density at radius 1 is 1.44 bits per heavy atom. The summed E-state index contributed by atoms with van der Waals surface area (Å²) in [5.41, 5.74) is 6.44. The molecule has 1 aromatic rings. The summed E-state index contributed by atoms with van der Waals surface area (Å²) in [4.78, 5) is 0. The molecule has 0 bridgehead atoms. The van der Waals surface area contributed by atoms with Gasteiger partial charge in [0.1, 0.15) is 0 Å². The van der Waals surface area contributed by atoms with Gasteiger partial charge in [-0.15, -0.1) is 0 Å². The first kappa shape index (κ1) is 15.3. The van der Waals surface area contributed by atoms with Gasteiger partial charge in [0.05, 0.1) is 11.8 Å². The number of nitrogens with one attached hydrogen (secondary N) is 1. The second-order valence-electron chi connectivity index (χ2n) is 3.53. The van der Waals surface area contributed by atoms with Crippen LogP contribution in [0, 0.1) is 11.3 Å². The summed E-state index contributed by atoms with van der Waals surface area (Å²) in [5.74, 6) is 0.